The van der Waals surface area contributed by atoms with Gasteiger partial charge in [-0.3, -0.25) is 4.99 Å². The van der Waals surface area contributed by atoms with E-state index in [9.17, 15) is 4.79 Å². The minimum atomic E-state index is -0.302. The van der Waals surface area contributed by atoms with Crippen LogP contribution in [0.15, 0.2) is 86.7 Å². The van der Waals surface area contributed by atoms with Crippen molar-refractivity contribution < 1.29 is 4.42 Å². The van der Waals surface area contributed by atoms with Crippen molar-refractivity contribution in [3.8, 4) is 0 Å². The second kappa shape index (κ2) is 7.04. The first-order valence-electron chi connectivity index (χ1n) is 6.32. The second-order valence-corrected chi connectivity index (χ2v) is 4.03. The Morgan fingerprint density at radius 2 is 1.90 bits per heavy atom. The van der Waals surface area contributed by atoms with Gasteiger partial charge in [0.1, 0.15) is 5.58 Å². The van der Waals surface area contributed by atoms with Crippen LogP contribution in [0.2, 0.25) is 0 Å². The zero-order chi connectivity index (χ0) is 14.2. The minimum Gasteiger partial charge on any atom is -0.423 e. The van der Waals surface area contributed by atoms with Crippen LogP contribution in [0.4, 0.5) is 0 Å². The number of aliphatic imine (C=N–C) groups is 1. The van der Waals surface area contributed by atoms with Crippen LogP contribution in [0.1, 0.15) is 6.92 Å². The average molecular weight is 265 g/mol. The highest BCUT2D eigenvalue weighted by Crippen LogP contribution is 2.08. The number of nitrogens with zero attached hydrogens (tertiary/aromatic N) is 1. The Morgan fingerprint density at radius 1 is 1.05 bits per heavy atom. The monoisotopic (exact) mass is 265 g/mol. The summed E-state index contributed by atoms with van der Waals surface area (Å²) >= 11 is 0. The zero-order valence-electron chi connectivity index (χ0n) is 11.2. The molecule has 0 aliphatic carbocycles. The van der Waals surface area contributed by atoms with E-state index in [-0.39, 0.29) is 5.63 Å². The lowest BCUT2D eigenvalue weighted by molar-refractivity contribution is 0.561. The van der Waals surface area contributed by atoms with E-state index in [1.807, 2.05) is 55.5 Å². The first kappa shape index (κ1) is 13.7. The molecule has 2 aromatic rings. The molecule has 0 amide bonds. The van der Waals surface area contributed by atoms with Crippen LogP contribution in [0.3, 0.4) is 0 Å². The predicted octanol–water partition coefficient (Wildman–Crippen LogP) is 3.88. The number of hydrogen-bond acceptors (Lipinski definition) is 3. The van der Waals surface area contributed by atoms with Gasteiger partial charge in [-0.05, 0) is 31.2 Å². The number of para-hydroxylation sites is 1. The van der Waals surface area contributed by atoms with Crippen molar-refractivity contribution in [2.75, 3.05) is 0 Å². The van der Waals surface area contributed by atoms with Crippen molar-refractivity contribution in [1.29, 1.82) is 0 Å². The molecule has 2 heterocycles. The van der Waals surface area contributed by atoms with Crippen LogP contribution in [0, 0.1) is 0 Å². The highest BCUT2D eigenvalue weighted by molar-refractivity contribution is 5.75. The molecular formula is C17H15NO2. The Bertz CT molecular complexity index is 731. The molecule has 0 radical (unpaired) electrons. The van der Waals surface area contributed by atoms with Crippen molar-refractivity contribution in [3.63, 3.8) is 0 Å². The molecule has 3 nitrogen and oxygen atoms in total. The lowest BCUT2D eigenvalue weighted by Crippen LogP contribution is -1.93. The molecule has 0 spiro atoms. The number of hydrogen-bond donors (Lipinski definition) is 0. The molecule has 0 bridgehead atoms. The SMILES string of the molecule is CC=C1C=CC=CC=N1.O=c1ccc2ccccc2o1. The fourth-order valence-electron chi connectivity index (χ4n) is 1.62. The van der Waals surface area contributed by atoms with Gasteiger partial charge >= 0.3 is 5.63 Å². The average Bonchev–Trinajstić information content (AvgIpc) is 2.76. The molecule has 0 saturated heterocycles. The minimum absolute atomic E-state index is 0.302. The normalized spacial score (nSPS) is 14.9. The van der Waals surface area contributed by atoms with E-state index < -0.39 is 0 Å². The number of allylic oxidation sites excluding steroid dienone is 5. The van der Waals surface area contributed by atoms with Crippen LogP contribution < -0.4 is 5.63 Å². The summed E-state index contributed by atoms with van der Waals surface area (Å²) in [4.78, 5) is 14.8. The Morgan fingerprint density at radius 3 is 2.75 bits per heavy atom. The summed E-state index contributed by atoms with van der Waals surface area (Å²) in [5, 5.41) is 0.951. The van der Waals surface area contributed by atoms with Crippen LogP contribution in [0.5, 0.6) is 0 Å². The third kappa shape index (κ3) is 3.92. The third-order valence-corrected chi connectivity index (χ3v) is 2.62. The maximum absolute atomic E-state index is 10.7. The van der Waals surface area contributed by atoms with Gasteiger partial charge in [0.2, 0.25) is 0 Å². The summed E-state index contributed by atoms with van der Waals surface area (Å²) in [6.45, 7) is 1.97. The summed E-state index contributed by atoms with van der Waals surface area (Å²) in [6, 6.07) is 10.6. The molecule has 1 aliphatic rings. The standard InChI is InChI=1S/C9H6O2.C8H9N/c10-9-6-5-7-3-1-2-4-8(7)11-9;1-2-8-6-4-3-5-7-9-8/h1-6H;2-7H,1H3. The Balaban J connectivity index is 0.000000151. The highest BCUT2D eigenvalue weighted by Gasteiger charge is 1.92. The summed E-state index contributed by atoms with van der Waals surface area (Å²) < 4.78 is 4.91. The molecule has 0 atom stereocenters. The number of benzene rings is 1. The second-order valence-electron chi connectivity index (χ2n) is 4.03. The maximum Gasteiger partial charge on any atom is 0.336 e. The van der Waals surface area contributed by atoms with Crippen molar-refractivity contribution in [3.05, 3.63) is 82.9 Å². The van der Waals surface area contributed by atoms with Crippen LogP contribution in [0.25, 0.3) is 11.0 Å². The maximum atomic E-state index is 10.7. The van der Waals surface area contributed by atoms with E-state index in [1.54, 1.807) is 18.3 Å². The van der Waals surface area contributed by atoms with Crippen molar-refractivity contribution in [1.82, 2.24) is 0 Å². The van der Waals surface area contributed by atoms with E-state index in [2.05, 4.69) is 4.99 Å². The first-order chi connectivity index (χ1) is 9.79. The Hall–Kier alpha value is -2.68. The van der Waals surface area contributed by atoms with Gasteiger partial charge in [0.25, 0.3) is 0 Å². The fourth-order valence-corrected chi connectivity index (χ4v) is 1.62. The lowest BCUT2D eigenvalue weighted by Gasteiger charge is -1.91. The van der Waals surface area contributed by atoms with Crippen LogP contribution >= 0.6 is 0 Å². The molecule has 0 fully saturated rings. The van der Waals surface area contributed by atoms with Gasteiger partial charge in [0, 0.05) is 17.7 Å². The van der Waals surface area contributed by atoms with Crippen molar-refractivity contribution in [2.24, 2.45) is 4.99 Å². The summed E-state index contributed by atoms with van der Waals surface area (Å²) in [5.41, 5.74) is 1.35. The summed E-state index contributed by atoms with van der Waals surface area (Å²) in [7, 11) is 0. The van der Waals surface area contributed by atoms with Gasteiger partial charge in [-0.1, -0.05) is 36.4 Å². The quantitative estimate of drug-likeness (QED) is 0.678. The highest BCUT2D eigenvalue weighted by atomic mass is 16.4. The van der Waals surface area contributed by atoms with Crippen LogP contribution in [-0.2, 0) is 0 Å². The summed E-state index contributed by atoms with van der Waals surface area (Å²) in [5.74, 6) is 0. The van der Waals surface area contributed by atoms with Gasteiger partial charge < -0.3 is 4.42 Å². The van der Waals surface area contributed by atoms with E-state index in [0.29, 0.717) is 5.58 Å². The number of rotatable bonds is 0. The van der Waals surface area contributed by atoms with E-state index in [1.165, 1.54) is 6.07 Å². The van der Waals surface area contributed by atoms with E-state index in [4.69, 9.17) is 4.42 Å². The molecule has 0 unspecified atom stereocenters. The third-order valence-electron chi connectivity index (χ3n) is 2.62. The number of fused-ring (bicyclic) bond motifs is 1. The predicted molar refractivity (Wildman–Crippen MR) is 83.0 cm³/mol. The fraction of sp³-hybridized carbons (Fsp3) is 0.0588. The van der Waals surface area contributed by atoms with E-state index in [0.717, 1.165) is 11.1 Å². The topological polar surface area (TPSA) is 42.6 Å². The Kier molecular flexibility index (Phi) is 4.84. The van der Waals surface area contributed by atoms with Crippen molar-refractivity contribution in [2.45, 2.75) is 6.92 Å². The van der Waals surface area contributed by atoms with Gasteiger partial charge in [0.15, 0.2) is 0 Å². The zero-order valence-corrected chi connectivity index (χ0v) is 11.2. The van der Waals surface area contributed by atoms with E-state index >= 15 is 0 Å². The first-order valence-corrected chi connectivity index (χ1v) is 6.32. The van der Waals surface area contributed by atoms with Gasteiger partial charge in [0.05, 0.1) is 5.70 Å². The van der Waals surface area contributed by atoms with Gasteiger partial charge in [-0.2, -0.15) is 0 Å². The molecule has 1 aromatic carbocycles. The van der Waals surface area contributed by atoms with Crippen molar-refractivity contribution >= 4 is 17.2 Å². The molecule has 3 rings (SSSR count). The molecule has 0 N–H and O–H groups in total. The molecule has 1 aliphatic heterocycles. The molecule has 1 aromatic heterocycles. The lowest BCUT2D eigenvalue weighted by atomic mass is 10.2. The largest absolute Gasteiger partial charge is 0.423 e. The Labute approximate surface area is 117 Å². The van der Waals surface area contributed by atoms with Crippen LogP contribution in [-0.4, -0.2) is 6.21 Å². The molecule has 20 heavy (non-hydrogen) atoms. The molecule has 100 valence electrons. The molecular weight excluding hydrogens is 250 g/mol. The molecule has 3 heteroatoms. The van der Waals surface area contributed by atoms with Gasteiger partial charge in [-0.25, -0.2) is 4.79 Å². The van der Waals surface area contributed by atoms with Gasteiger partial charge in [-0.15, -0.1) is 0 Å². The summed E-state index contributed by atoms with van der Waals surface area (Å²) in [6.07, 6.45) is 11.6. The molecule has 0 saturated carbocycles. The smallest absolute Gasteiger partial charge is 0.336 e.